The van der Waals surface area contributed by atoms with E-state index in [1.165, 1.54) is 11.1 Å². The summed E-state index contributed by atoms with van der Waals surface area (Å²) in [5, 5.41) is 9.02. The molecule has 2 aromatic carbocycles. The minimum absolute atomic E-state index is 0.0519. The highest BCUT2D eigenvalue weighted by Gasteiger charge is 2.18. The lowest BCUT2D eigenvalue weighted by Gasteiger charge is -2.20. The summed E-state index contributed by atoms with van der Waals surface area (Å²) in [7, 11) is 1.68. The highest BCUT2D eigenvalue weighted by Crippen LogP contribution is 2.26. The smallest absolute Gasteiger partial charge is 0.131 e. The van der Waals surface area contributed by atoms with Crippen LogP contribution in [-0.2, 0) is 13.1 Å². The van der Waals surface area contributed by atoms with Crippen LogP contribution in [0.4, 0.5) is 0 Å². The molecule has 1 heterocycles. The highest BCUT2D eigenvalue weighted by atomic mass is 35.5. The van der Waals surface area contributed by atoms with E-state index < -0.39 is 0 Å². The molecular weight excluding hydrogens is 370 g/mol. The van der Waals surface area contributed by atoms with Gasteiger partial charge in [-0.05, 0) is 36.1 Å². The lowest BCUT2D eigenvalue weighted by Crippen LogP contribution is -2.22. The standard InChI is InChI=1S/C23H28ClN3O/c1-16(2)15-27-23(24)21(17(3)26-27)14-25-22(18-8-6-5-7-9-18)19-10-12-20(28-4)13-11-19/h5-13,16,22,25H,14-15H2,1-4H3/t22-/m1/s1. The van der Waals surface area contributed by atoms with Crippen LogP contribution in [0.1, 0.15) is 42.3 Å². The Balaban J connectivity index is 1.85. The van der Waals surface area contributed by atoms with Crippen molar-refractivity contribution in [2.45, 2.75) is 39.9 Å². The molecule has 4 nitrogen and oxygen atoms in total. The topological polar surface area (TPSA) is 39.1 Å². The Morgan fingerprint density at radius 1 is 1.04 bits per heavy atom. The number of nitrogens with zero attached hydrogens (tertiary/aromatic N) is 2. The predicted molar refractivity (Wildman–Crippen MR) is 115 cm³/mol. The first-order valence-electron chi connectivity index (χ1n) is 9.63. The largest absolute Gasteiger partial charge is 0.497 e. The first-order valence-corrected chi connectivity index (χ1v) is 10.0. The van der Waals surface area contributed by atoms with E-state index in [1.54, 1.807) is 7.11 Å². The van der Waals surface area contributed by atoms with Crippen LogP contribution in [0.25, 0.3) is 0 Å². The number of methoxy groups -OCH3 is 1. The maximum absolute atomic E-state index is 6.63. The summed E-state index contributed by atoms with van der Waals surface area (Å²) in [5.41, 5.74) is 4.41. The van der Waals surface area contributed by atoms with Crippen molar-refractivity contribution < 1.29 is 4.74 Å². The second-order valence-electron chi connectivity index (χ2n) is 7.43. The van der Waals surface area contributed by atoms with Crippen molar-refractivity contribution in [2.75, 3.05) is 7.11 Å². The molecule has 0 saturated heterocycles. The molecule has 3 aromatic rings. The zero-order valence-corrected chi connectivity index (χ0v) is 17.7. The summed E-state index contributed by atoms with van der Waals surface area (Å²) in [6, 6.07) is 18.7. The number of ether oxygens (including phenoxy) is 1. The molecule has 0 radical (unpaired) electrons. The van der Waals surface area contributed by atoms with Gasteiger partial charge in [0.15, 0.2) is 0 Å². The number of hydrogen-bond donors (Lipinski definition) is 1. The molecule has 0 aliphatic carbocycles. The van der Waals surface area contributed by atoms with Gasteiger partial charge in [0, 0.05) is 18.7 Å². The van der Waals surface area contributed by atoms with E-state index in [0.717, 1.165) is 28.7 Å². The molecule has 0 saturated carbocycles. The molecule has 148 valence electrons. The van der Waals surface area contributed by atoms with Gasteiger partial charge in [-0.3, -0.25) is 4.68 Å². The molecule has 0 fully saturated rings. The minimum atomic E-state index is 0.0519. The summed E-state index contributed by atoms with van der Waals surface area (Å²) in [5.74, 6) is 1.35. The van der Waals surface area contributed by atoms with Gasteiger partial charge in [0.2, 0.25) is 0 Å². The molecule has 5 heteroatoms. The Morgan fingerprint density at radius 3 is 2.29 bits per heavy atom. The highest BCUT2D eigenvalue weighted by molar-refractivity contribution is 6.30. The van der Waals surface area contributed by atoms with Gasteiger partial charge in [-0.1, -0.05) is 67.9 Å². The Labute approximate surface area is 172 Å². The van der Waals surface area contributed by atoms with Gasteiger partial charge < -0.3 is 10.1 Å². The van der Waals surface area contributed by atoms with Crippen LogP contribution in [0.3, 0.4) is 0 Å². The summed E-state index contributed by atoms with van der Waals surface area (Å²) in [6.07, 6.45) is 0. The molecule has 0 unspecified atom stereocenters. The average molecular weight is 398 g/mol. The fraction of sp³-hybridized carbons (Fsp3) is 0.348. The van der Waals surface area contributed by atoms with Crippen LogP contribution in [0.15, 0.2) is 54.6 Å². The minimum Gasteiger partial charge on any atom is -0.497 e. The Kier molecular flexibility index (Phi) is 6.76. The number of aryl methyl sites for hydroxylation is 1. The monoisotopic (exact) mass is 397 g/mol. The van der Waals surface area contributed by atoms with Gasteiger partial charge >= 0.3 is 0 Å². The maximum atomic E-state index is 6.63. The van der Waals surface area contributed by atoms with E-state index in [9.17, 15) is 0 Å². The average Bonchev–Trinajstić information content (AvgIpc) is 2.96. The summed E-state index contributed by atoms with van der Waals surface area (Å²) in [4.78, 5) is 0. The van der Waals surface area contributed by atoms with Gasteiger partial charge in [-0.15, -0.1) is 0 Å². The van der Waals surface area contributed by atoms with Gasteiger partial charge in [-0.25, -0.2) is 0 Å². The van der Waals surface area contributed by atoms with Crippen LogP contribution < -0.4 is 10.1 Å². The fourth-order valence-electron chi connectivity index (χ4n) is 3.33. The van der Waals surface area contributed by atoms with Gasteiger partial charge in [0.25, 0.3) is 0 Å². The lowest BCUT2D eigenvalue weighted by molar-refractivity contribution is 0.414. The molecule has 0 spiro atoms. The van der Waals surface area contributed by atoms with Gasteiger partial charge in [0.1, 0.15) is 10.9 Å². The van der Waals surface area contributed by atoms with E-state index in [4.69, 9.17) is 16.3 Å². The van der Waals surface area contributed by atoms with Gasteiger partial charge in [-0.2, -0.15) is 5.10 Å². The molecule has 28 heavy (non-hydrogen) atoms. The van der Waals surface area contributed by atoms with Crippen molar-refractivity contribution >= 4 is 11.6 Å². The predicted octanol–water partition coefficient (Wildman–Crippen LogP) is 5.39. The van der Waals surface area contributed by atoms with Crippen molar-refractivity contribution in [1.82, 2.24) is 15.1 Å². The zero-order valence-electron chi connectivity index (χ0n) is 16.9. The van der Waals surface area contributed by atoms with Crippen LogP contribution in [-0.4, -0.2) is 16.9 Å². The van der Waals surface area contributed by atoms with E-state index in [-0.39, 0.29) is 6.04 Å². The molecule has 3 rings (SSSR count). The third kappa shape index (κ3) is 4.75. The van der Waals surface area contributed by atoms with Crippen LogP contribution in [0, 0.1) is 12.8 Å². The summed E-state index contributed by atoms with van der Waals surface area (Å²) >= 11 is 6.63. The molecule has 0 aliphatic rings. The quantitative estimate of drug-likeness (QED) is 0.554. The van der Waals surface area contributed by atoms with Crippen LogP contribution in [0.2, 0.25) is 5.15 Å². The normalized spacial score (nSPS) is 12.4. The second kappa shape index (κ2) is 9.26. The van der Waals surface area contributed by atoms with E-state index >= 15 is 0 Å². The molecule has 1 atom stereocenters. The number of rotatable bonds is 8. The van der Waals surface area contributed by atoms with Crippen molar-refractivity contribution in [3.63, 3.8) is 0 Å². The number of benzene rings is 2. The number of aromatic nitrogens is 2. The van der Waals surface area contributed by atoms with Crippen molar-refractivity contribution in [2.24, 2.45) is 5.92 Å². The third-order valence-electron chi connectivity index (χ3n) is 4.79. The van der Waals surface area contributed by atoms with Crippen molar-refractivity contribution in [3.8, 4) is 5.75 Å². The number of hydrogen-bond acceptors (Lipinski definition) is 3. The third-order valence-corrected chi connectivity index (χ3v) is 5.21. The summed E-state index contributed by atoms with van der Waals surface area (Å²) in [6.45, 7) is 7.82. The maximum Gasteiger partial charge on any atom is 0.131 e. The number of nitrogens with one attached hydrogen (secondary N) is 1. The molecule has 1 N–H and O–H groups in total. The second-order valence-corrected chi connectivity index (χ2v) is 7.79. The molecule has 0 bridgehead atoms. The first kappa shape index (κ1) is 20.4. The van der Waals surface area contributed by atoms with Crippen LogP contribution >= 0.6 is 11.6 Å². The van der Waals surface area contributed by atoms with E-state index in [1.807, 2.05) is 29.8 Å². The molecule has 0 amide bonds. The first-order chi connectivity index (χ1) is 13.5. The Morgan fingerprint density at radius 2 is 1.68 bits per heavy atom. The van der Waals surface area contributed by atoms with Crippen molar-refractivity contribution in [3.05, 3.63) is 82.1 Å². The molecule has 1 aromatic heterocycles. The Hall–Kier alpha value is -2.30. The fourth-order valence-corrected chi connectivity index (χ4v) is 3.64. The lowest BCUT2D eigenvalue weighted by atomic mass is 9.98. The molecular formula is C23H28ClN3O. The summed E-state index contributed by atoms with van der Waals surface area (Å²) < 4.78 is 7.21. The number of halogens is 1. The van der Waals surface area contributed by atoms with Crippen LogP contribution in [0.5, 0.6) is 5.75 Å². The Bertz CT molecular complexity index is 888. The van der Waals surface area contributed by atoms with Crippen molar-refractivity contribution in [1.29, 1.82) is 0 Å². The van der Waals surface area contributed by atoms with E-state index in [2.05, 4.69) is 60.7 Å². The molecule has 0 aliphatic heterocycles. The zero-order chi connectivity index (χ0) is 20.1. The van der Waals surface area contributed by atoms with Gasteiger partial charge in [0.05, 0.1) is 18.8 Å². The SMILES string of the molecule is COc1ccc([C@H](NCc2c(C)nn(CC(C)C)c2Cl)c2ccccc2)cc1. The van der Waals surface area contributed by atoms with E-state index in [0.29, 0.717) is 12.5 Å².